The number of nitrogens with zero attached hydrogens (tertiary/aromatic N) is 5. The van der Waals surface area contributed by atoms with Gasteiger partial charge in [0.1, 0.15) is 0 Å². The number of rotatable bonds is 5. The second-order valence-electron chi connectivity index (χ2n) is 4.49. The summed E-state index contributed by atoms with van der Waals surface area (Å²) < 4.78 is 5.31. The van der Waals surface area contributed by atoms with Crippen LogP contribution in [0.5, 0.6) is 0 Å². The highest BCUT2D eigenvalue weighted by molar-refractivity contribution is 6.28. The molecule has 0 spiro atoms. The summed E-state index contributed by atoms with van der Waals surface area (Å²) >= 11 is 5.99. The van der Waals surface area contributed by atoms with Crippen molar-refractivity contribution >= 4 is 29.4 Å². The summed E-state index contributed by atoms with van der Waals surface area (Å²) in [6, 6.07) is 0. The molecule has 21 heavy (non-hydrogen) atoms. The van der Waals surface area contributed by atoms with Gasteiger partial charge in [-0.05, 0) is 18.5 Å². The molecule has 1 aliphatic rings. The van der Waals surface area contributed by atoms with Gasteiger partial charge in [-0.1, -0.05) is 0 Å². The number of carbonyl (C=O) groups is 1. The lowest BCUT2D eigenvalue weighted by Gasteiger charge is -2.28. The summed E-state index contributed by atoms with van der Waals surface area (Å²) in [5.41, 5.74) is 0. The Kier molecular flexibility index (Phi) is 5.51. The molecule has 8 nitrogen and oxygen atoms in total. The zero-order valence-corrected chi connectivity index (χ0v) is 12.9. The fraction of sp³-hybridized carbons (Fsp3) is 0.667. The number of carbonyl (C=O) groups excluding carboxylic acids is 1. The molecule has 0 unspecified atom stereocenters. The zero-order chi connectivity index (χ0) is 15.2. The summed E-state index contributed by atoms with van der Waals surface area (Å²) in [6.45, 7) is 5.38. The van der Waals surface area contributed by atoms with E-state index in [1.807, 2.05) is 11.8 Å². The Balaban J connectivity index is 2.21. The Morgan fingerprint density at radius 2 is 2.10 bits per heavy atom. The van der Waals surface area contributed by atoms with E-state index in [9.17, 15) is 4.79 Å². The van der Waals surface area contributed by atoms with Crippen molar-refractivity contribution in [2.75, 3.05) is 56.2 Å². The first kappa shape index (κ1) is 15.7. The highest BCUT2D eigenvalue weighted by Crippen LogP contribution is 2.17. The molecule has 1 aromatic rings. The molecule has 116 valence electrons. The third-order valence-electron chi connectivity index (χ3n) is 3.16. The lowest BCUT2D eigenvalue weighted by Crippen LogP contribution is -2.39. The first-order valence-corrected chi connectivity index (χ1v) is 7.21. The monoisotopic (exact) mass is 314 g/mol. The van der Waals surface area contributed by atoms with Crippen LogP contribution in [0.4, 0.5) is 11.9 Å². The number of hydrogen-bond acceptors (Lipinski definition) is 7. The minimum Gasteiger partial charge on any atom is -0.378 e. The van der Waals surface area contributed by atoms with Gasteiger partial charge in [0.2, 0.25) is 23.1 Å². The van der Waals surface area contributed by atoms with Crippen molar-refractivity contribution in [3.05, 3.63) is 5.28 Å². The number of hydrogen-bond donors (Lipinski definition) is 1. The fourth-order valence-electron chi connectivity index (χ4n) is 1.95. The Hall–Kier alpha value is -1.67. The second-order valence-corrected chi connectivity index (χ2v) is 4.83. The van der Waals surface area contributed by atoms with Crippen molar-refractivity contribution in [1.29, 1.82) is 0 Å². The van der Waals surface area contributed by atoms with Crippen LogP contribution in [0.15, 0.2) is 0 Å². The quantitative estimate of drug-likeness (QED) is 0.814. The molecular formula is C12H19ClN6O2. The van der Waals surface area contributed by atoms with Crippen molar-refractivity contribution < 1.29 is 9.53 Å². The number of morpholine rings is 1. The average molecular weight is 315 g/mol. The van der Waals surface area contributed by atoms with Crippen LogP contribution in [-0.4, -0.2) is 67.3 Å². The summed E-state index contributed by atoms with van der Waals surface area (Å²) in [6.07, 6.45) is 0. The lowest BCUT2D eigenvalue weighted by atomic mass is 10.4. The molecular weight excluding hydrogens is 296 g/mol. The van der Waals surface area contributed by atoms with E-state index in [2.05, 4.69) is 20.3 Å². The number of halogens is 1. The van der Waals surface area contributed by atoms with E-state index in [0.29, 0.717) is 44.7 Å². The first-order valence-electron chi connectivity index (χ1n) is 6.83. The van der Waals surface area contributed by atoms with Crippen LogP contribution < -0.4 is 15.1 Å². The Morgan fingerprint density at radius 3 is 2.71 bits per heavy atom. The molecule has 0 aromatic carbocycles. The highest BCUT2D eigenvalue weighted by Gasteiger charge is 2.19. The number of ether oxygens (including phenoxy) is 1. The normalized spacial score (nSPS) is 14.9. The smallest absolute Gasteiger partial charge is 0.239 e. The summed E-state index contributed by atoms with van der Waals surface area (Å²) in [5.74, 6) is 0.813. The van der Waals surface area contributed by atoms with Crippen LogP contribution in [0.3, 0.4) is 0 Å². The molecule has 1 aliphatic heterocycles. The maximum atomic E-state index is 11.5. The van der Waals surface area contributed by atoms with Gasteiger partial charge in [-0.3, -0.25) is 4.79 Å². The minimum atomic E-state index is -0.110. The number of likely N-dealkylation sites (N-methyl/N-ethyl adjacent to an activating group) is 2. The standard InChI is InChI=1S/C12H19ClN6O2/c1-3-18(8-9(20)14-2)11-15-10(13)16-12(17-11)19-4-6-21-7-5-19/h3-8H2,1-2H3,(H,14,20). The lowest BCUT2D eigenvalue weighted by molar-refractivity contribution is -0.119. The maximum Gasteiger partial charge on any atom is 0.239 e. The fourth-order valence-corrected chi connectivity index (χ4v) is 2.10. The molecule has 0 bridgehead atoms. The Morgan fingerprint density at radius 1 is 1.38 bits per heavy atom. The molecule has 1 fully saturated rings. The van der Waals surface area contributed by atoms with Gasteiger partial charge in [0.05, 0.1) is 19.8 Å². The van der Waals surface area contributed by atoms with E-state index in [0.717, 1.165) is 0 Å². The van der Waals surface area contributed by atoms with Crippen LogP contribution in [0.1, 0.15) is 6.92 Å². The number of nitrogens with one attached hydrogen (secondary N) is 1. The molecule has 2 heterocycles. The number of anilines is 2. The summed E-state index contributed by atoms with van der Waals surface area (Å²) in [5, 5.41) is 2.70. The van der Waals surface area contributed by atoms with Crippen molar-refractivity contribution in [3.63, 3.8) is 0 Å². The molecule has 2 rings (SSSR count). The van der Waals surface area contributed by atoms with Crippen molar-refractivity contribution in [2.24, 2.45) is 0 Å². The molecule has 9 heteroatoms. The van der Waals surface area contributed by atoms with Gasteiger partial charge < -0.3 is 19.9 Å². The molecule has 1 N–H and O–H groups in total. The van der Waals surface area contributed by atoms with E-state index in [1.54, 1.807) is 11.9 Å². The predicted octanol–water partition coefficient (Wildman–Crippen LogP) is -0.0661. The van der Waals surface area contributed by atoms with Crippen LogP contribution in [0.2, 0.25) is 5.28 Å². The Bertz CT molecular complexity index is 495. The zero-order valence-electron chi connectivity index (χ0n) is 12.2. The van der Waals surface area contributed by atoms with Crippen LogP contribution in [0.25, 0.3) is 0 Å². The molecule has 0 saturated carbocycles. The van der Waals surface area contributed by atoms with Gasteiger partial charge in [0.25, 0.3) is 0 Å². The van der Waals surface area contributed by atoms with Crippen molar-refractivity contribution in [3.8, 4) is 0 Å². The summed E-state index contributed by atoms with van der Waals surface area (Å²) in [4.78, 5) is 28.0. The van der Waals surface area contributed by atoms with Gasteiger partial charge >= 0.3 is 0 Å². The van der Waals surface area contributed by atoms with E-state index in [-0.39, 0.29) is 17.7 Å². The molecule has 0 atom stereocenters. The summed E-state index contributed by atoms with van der Waals surface area (Å²) in [7, 11) is 1.59. The number of aromatic nitrogens is 3. The van der Waals surface area contributed by atoms with E-state index >= 15 is 0 Å². The third-order valence-corrected chi connectivity index (χ3v) is 3.33. The molecule has 0 aliphatic carbocycles. The minimum absolute atomic E-state index is 0.110. The topological polar surface area (TPSA) is 83.5 Å². The predicted molar refractivity (Wildman–Crippen MR) is 79.8 cm³/mol. The molecule has 1 amide bonds. The Labute approximate surface area is 128 Å². The van der Waals surface area contributed by atoms with Crippen LogP contribution >= 0.6 is 11.6 Å². The van der Waals surface area contributed by atoms with Crippen molar-refractivity contribution in [1.82, 2.24) is 20.3 Å². The van der Waals surface area contributed by atoms with Gasteiger partial charge in [-0.2, -0.15) is 15.0 Å². The number of amides is 1. The van der Waals surface area contributed by atoms with Gasteiger partial charge in [0, 0.05) is 26.7 Å². The van der Waals surface area contributed by atoms with E-state index < -0.39 is 0 Å². The molecule has 1 aromatic heterocycles. The first-order chi connectivity index (χ1) is 10.1. The molecule has 0 radical (unpaired) electrons. The van der Waals surface area contributed by atoms with Gasteiger partial charge in [0.15, 0.2) is 0 Å². The van der Waals surface area contributed by atoms with Gasteiger partial charge in [-0.15, -0.1) is 0 Å². The van der Waals surface area contributed by atoms with Crippen LogP contribution in [0, 0.1) is 0 Å². The third kappa shape index (κ3) is 4.15. The average Bonchev–Trinajstić information content (AvgIpc) is 2.52. The SMILES string of the molecule is CCN(CC(=O)NC)c1nc(Cl)nc(N2CCOCC2)n1. The van der Waals surface area contributed by atoms with Gasteiger partial charge in [-0.25, -0.2) is 0 Å². The largest absolute Gasteiger partial charge is 0.378 e. The maximum absolute atomic E-state index is 11.5. The van der Waals surface area contributed by atoms with E-state index in [1.165, 1.54) is 0 Å². The highest BCUT2D eigenvalue weighted by atomic mass is 35.5. The van der Waals surface area contributed by atoms with Crippen LogP contribution in [-0.2, 0) is 9.53 Å². The molecule has 1 saturated heterocycles. The second kappa shape index (κ2) is 7.37. The van der Waals surface area contributed by atoms with E-state index in [4.69, 9.17) is 16.3 Å². The van der Waals surface area contributed by atoms with Crippen molar-refractivity contribution in [2.45, 2.75) is 6.92 Å².